The third-order valence-electron chi connectivity index (χ3n) is 4.28. The third-order valence-corrected chi connectivity index (χ3v) is 4.28. The van der Waals surface area contributed by atoms with E-state index in [1.165, 1.54) is 21.3 Å². The molecule has 0 aromatic heterocycles. The summed E-state index contributed by atoms with van der Waals surface area (Å²) in [6.45, 7) is -0.124. The molecule has 3 rings (SSSR count). The van der Waals surface area contributed by atoms with E-state index >= 15 is 0 Å². The van der Waals surface area contributed by atoms with Crippen LogP contribution in [0.2, 0.25) is 0 Å². The lowest BCUT2D eigenvalue weighted by atomic mass is 10.1. The van der Waals surface area contributed by atoms with Gasteiger partial charge in [-0.25, -0.2) is 0 Å². The molecule has 0 saturated carbocycles. The molecule has 3 aromatic rings. The molecule has 29 heavy (non-hydrogen) atoms. The molecular weight excluding hydrogens is 370 g/mol. The third kappa shape index (κ3) is 4.99. The topological polar surface area (TPSA) is 66.0 Å². The second-order valence-electron chi connectivity index (χ2n) is 6.14. The predicted molar refractivity (Wildman–Crippen MR) is 112 cm³/mol. The van der Waals surface area contributed by atoms with E-state index in [-0.39, 0.29) is 12.5 Å². The minimum absolute atomic E-state index is 0.124. The number of hydrogen-bond donors (Lipinski definition) is 1. The van der Waals surface area contributed by atoms with Gasteiger partial charge in [0.1, 0.15) is 5.75 Å². The van der Waals surface area contributed by atoms with Gasteiger partial charge < -0.3 is 24.3 Å². The summed E-state index contributed by atoms with van der Waals surface area (Å²) in [6.07, 6.45) is 0. The summed E-state index contributed by atoms with van der Waals surface area (Å²) in [5, 5.41) is 2.77. The van der Waals surface area contributed by atoms with E-state index in [1.807, 2.05) is 54.6 Å². The van der Waals surface area contributed by atoms with E-state index in [1.54, 1.807) is 12.1 Å². The van der Waals surface area contributed by atoms with Gasteiger partial charge in [-0.05, 0) is 23.3 Å². The Morgan fingerprint density at radius 1 is 0.793 bits per heavy atom. The maximum atomic E-state index is 12.3. The first-order valence-corrected chi connectivity index (χ1v) is 9.02. The highest BCUT2D eigenvalue weighted by molar-refractivity contribution is 5.92. The Hall–Kier alpha value is -3.67. The van der Waals surface area contributed by atoms with Gasteiger partial charge in [-0.1, -0.05) is 42.5 Å². The molecular formula is C23H23NO5. The number of anilines is 1. The Bertz CT molecular complexity index is 930. The molecule has 3 aromatic carbocycles. The lowest BCUT2D eigenvalue weighted by Crippen LogP contribution is -2.20. The van der Waals surface area contributed by atoms with Crippen LogP contribution in [-0.2, 0) is 4.79 Å². The monoisotopic (exact) mass is 393 g/mol. The highest BCUT2D eigenvalue weighted by atomic mass is 16.5. The molecule has 6 nitrogen and oxygen atoms in total. The van der Waals surface area contributed by atoms with Crippen LogP contribution in [0.15, 0.2) is 66.7 Å². The maximum absolute atomic E-state index is 12.3. The van der Waals surface area contributed by atoms with Crippen LogP contribution < -0.4 is 24.3 Å². The van der Waals surface area contributed by atoms with Crippen molar-refractivity contribution in [3.8, 4) is 34.1 Å². The van der Waals surface area contributed by atoms with Crippen LogP contribution in [0.25, 0.3) is 11.1 Å². The van der Waals surface area contributed by atoms with E-state index in [4.69, 9.17) is 18.9 Å². The molecule has 0 bridgehead atoms. The summed E-state index contributed by atoms with van der Waals surface area (Å²) >= 11 is 0. The Kier molecular flexibility index (Phi) is 6.58. The zero-order chi connectivity index (χ0) is 20.6. The summed E-state index contributed by atoms with van der Waals surface area (Å²) in [7, 11) is 4.56. The highest BCUT2D eigenvalue weighted by Gasteiger charge is 2.14. The number of methoxy groups -OCH3 is 3. The quantitative estimate of drug-likeness (QED) is 0.615. The van der Waals surface area contributed by atoms with Crippen LogP contribution in [0, 0.1) is 0 Å². The number of carbonyl (C=O) groups is 1. The first-order chi connectivity index (χ1) is 14.1. The second kappa shape index (κ2) is 9.50. The van der Waals surface area contributed by atoms with E-state index in [0.29, 0.717) is 28.7 Å². The minimum atomic E-state index is -0.300. The first-order valence-electron chi connectivity index (χ1n) is 9.02. The molecule has 0 saturated heterocycles. The zero-order valence-electron chi connectivity index (χ0n) is 16.6. The van der Waals surface area contributed by atoms with Gasteiger partial charge in [0.2, 0.25) is 5.75 Å². The summed E-state index contributed by atoms with van der Waals surface area (Å²) in [4.78, 5) is 12.3. The van der Waals surface area contributed by atoms with Crippen molar-refractivity contribution in [2.24, 2.45) is 0 Å². The minimum Gasteiger partial charge on any atom is -0.493 e. The number of nitrogens with one attached hydrogen (secondary N) is 1. The number of benzene rings is 3. The molecule has 1 amide bonds. The van der Waals surface area contributed by atoms with Crippen molar-refractivity contribution in [1.29, 1.82) is 0 Å². The van der Waals surface area contributed by atoms with Gasteiger partial charge in [-0.2, -0.15) is 0 Å². The Labute approximate surface area is 170 Å². The average molecular weight is 393 g/mol. The van der Waals surface area contributed by atoms with E-state index in [9.17, 15) is 4.79 Å². The van der Waals surface area contributed by atoms with Crippen LogP contribution in [0.5, 0.6) is 23.0 Å². The van der Waals surface area contributed by atoms with Crippen molar-refractivity contribution in [1.82, 2.24) is 0 Å². The van der Waals surface area contributed by atoms with E-state index in [2.05, 4.69) is 5.32 Å². The fourth-order valence-electron chi connectivity index (χ4n) is 2.87. The van der Waals surface area contributed by atoms with Crippen molar-refractivity contribution in [2.45, 2.75) is 0 Å². The number of amides is 1. The maximum Gasteiger partial charge on any atom is 0.262 e. The molecule has 0 aliphatic rings. The molecule has 150 valence electrons. The second-order valence-corrected chi connectivity index (χ2v) is 6.14. The van der Waals surface area contributed by atoms with Crippen LogP contribution in [0.3, 0.4) is 0 Å². The highest BCUT2D eigenvalue weighted by Crippen LogP contribution is 2.39. The number of carbonyl (C=O) groups excluding carboxylic acids is 1. The van der Waals surface area contributed by atoms with E-state index < -0.39 is 0 Å². The van der Waals surface area contributed by atoms with Gasteiger partial charge in [-0.15, -0.1) is 0 Å². The molecule has 0 radical (unpaired) electrons. The Balaban J connectivity index is 1.61. The number of rotatable bonds is 8. The summed E-state index contributed by atoms with van der Waals surface area (Å²) in [5.74, 6) is 1.69. The fraction of sp³-hybridized carbons (Fsp3) is 0.174. The van der Waals surface area contributed by atoms with Crippen molar-refractivity contribution >= 4 is 11.6 Å². The van der Waals surface area contributed by atoms with Crippen molar-refractivity contribution < 1.29 is 23.7 Å². The van der Waals surface area contributed by atoms with Crippen LogP contribution in [0.4, 0.5) is 5.69 Å². The molecule has 0 unspecified atom stereocenters. The Morgan fingerprint density at radius 3 is 1.93 bits per heavy atom. The van der Waals surface area contributed by atoms with Gasteiger partial charge in [0, 0.05) is 17.8 Å². The van der Waals surface area contributed by atoms with Gasteiger partial charge in [0.05, 0.1) is 21.3 Å². The zero-order valence-corrected chi connectivity index (χ0v) is 16.6. The van der Waals surface area contributed by atoms with Crippen LogP contribution >= 0.6 is 0 Å². The normalized spacial score (nSPS) is 10.2. The molecule has 0 fully saturated rings. The van der Waals surface area contributed by atoms with E-state index in [0.717, 1.165) is 11.1 Å². The van der Waals surface area contributed by atoms with Gasteiger partial charge >= 0.3 is 0 Å². The van der Waals surface area contributed by atoms with Crippen molar-refractivity contribution in [3.63, 3.8) is 0 Å². The van der Waals surface area contributed by atoms with Gasteiger partial charge in [0.15, 0.2) is 18.1 Å². The fourth-order valence-corrected chi connectivity index (χ4v) is 2.87. The molecule has 6 heteroatoms. The first kappa shape index (κ1) is 20.1. The van der Waals surface area contributed by atoms with Crippen molar-refractivity contribution in [2.75, 3.05) is 33.3 Å². The molecule has 1 N–H and O–H groups in total. The van der Waals surface area contributed by atoms with Gasteiger partial charge in [-0.3, -0.25) is 4.79 Å². The summed E-state index contributed by atoms with van der Waals surface area (Å²) in [5.41, 5.74) is 2.73. The standard InChI is InChI=1S/C23H23NO5/c1-26-20-13-18(14-21(27-2)23(20)28-3)24-22(25)15-29-19-11-9-17(10-12-19)16-7-5-4-6-8-16/h4-14H,15H2,1-3H3,(H,24,25). The number of ether oxygens (including phenoxy) is 4. The largest absolute Gasteiger partial charge is 0.493 e. The molecule has 0 spiro atoms. The SMILES string of the molecule is COc1cc(NC(=O)COc2ccc(-c3ccccc3)cc2)cc(OC)c1OC. The smallest absolute Gasteiger partial charge is 0.262 e. The van der Waals surface area contributed by atoms with Crippen molar-refractivity contribution in [3.05, 3.63) is 66.7 Å². The lowest BCUT2D eigenvalue weighted by Gasteiger charge is -2.14. The molecule has 0 aliphatic carbocycles. The molecule has 0 heterocycles. The Morgan fingerprint density at radius 2 is 1.38 bits per heavy atom. The summed E-state index contributed by atoms with van der Waals surface area (Å²) < 4.78 is 21.4. The number of hydrogen-bond acceptors (Lipinski definition) is 5. The predicted octanol–water partition coefficient (Wildman–Crippen LogP) is 4.40. The molecule has 0 atom stereocenters. The van der Waals surface area contributed by atoms with Gasteiger partial charge in [0.25, 0.3) is 5.91 Å². The molecule has 0 aliphatic heterocycles. The van der Waals surface area contributed by atoms with Crippen LogP contribution in [-0.4, -0.2) is 33.8 Å². The summed E-state index contributed by atoms with van der Waals surface area (Å²) in [6, 6.07) is 21.0. The lowest BCUT2D eigenvalue weighted by molar-refractivity contribution is -0.118. The average Bonchev–Trinajstić information content (AvgIpc) is 2.78. The van der Waals surface area contributed by atoms with Crippen LogP contribution in [0.1, 0.15) is 0 Å².